The SMILES string of the molecule is COc1cccc(-c2nnc3ccc(O)cn23)c1. The van der Waals surface area contributed by atoms with Crippen molar-refractivity contribution < 1.29 is 9.84 Å². The van der Waals surface area contributed by atoms with Crippen molar-refractivity contribution in [1.29, 1.82) is 0 Å². The first-order valence-corrected chi connectivity index (χ1v) is 5.46. The van der Waals surface area contributed by atoms with Crippen molar-refractivity contribution in [2.75, 3.05) is 7.11 Å². The number of aromatic hydroxyl groups is 1. The lowest BCUT2D eigenvalue weighted by atomic mass is 10.2. The van der Waals surface area contributed by atoms with Crippen molar-refractivity contribution in [3.05, 3.63) is 42.6 Å². The minimum atomic E-state index is 0.173. The van der Waals surface area contributed by atoms with Crippen molar-refractivity contribution in [3.8, 4) is 22.9 Å². The molecule has 0 aliphatic rings. The number of nitrogens with zero attached hydrogens (tertiary/aromatic N) is 3. The predicted octanol–water partition coefficient (Wildman–Crippen LogP) is 2.11. The van der Waals surface area contributed by atoms with Gasteiger partial charge in [0.1, 0.15) is 11.5 Å². The fraction of sp³-hybridized carbons (Fsp3) is 0.0769. The lowest BCUT2D eigenvalue weighted by Gasteiger charge is -2.03. The zero-order chi connectivity index (χ0) is 12.5. The molecule has 3 aromatic rings. The van der Waals surface area contributed by atoms with Gasteiger partial charge >= 0.3 is 0 Å². The largest absolute Gasteiger partial charge is 0.506 e. The van der Waals surface area contributed by atoms with Gasteiger partial charge in [-0.1, -0.05) is 12.1 Å². The molecule has 1 aromatic carbocycles. The van der Waals surface area contributed by atoms with E-state index < -0.39 is 0 Å². The summed E-state index contributed by atoms with van der Waals surface area (Å²) in [6, 6.07) is 10.8. The predicted molar refractivity (Wildman–Crippen MR) is 66.6 cm³/mol. The number of methoxy groups -OCH3 is 1. The molecule has 0 fully saturated rings. The highest BCUT2D eigenvalue weighted by Crippen LogP contribution is 2.23. The van der Waals surface area contributed by atoms with Crippen LogP contribution in [0.1, 0.15) is 0 Å². The van der Waals surface area contributed by atoms with E-state index in [1.165, 1.54) is 0 Å². The second kappa shape index (κ2) is 4.03. The molecule has 0 saturated carbocycles. The van der Waals surface area contributed by atoms with Crippen LogP contribution in [0.3, 0.4) is 0 Å². The first-order chi connectivity index (χ1) is 8.78. The smallest absolute Gasteiger partial charge is 0.168 e. The quantitative estimate of drug-likeness (QED) is 0.746. The van der Waals surface area contributed by atoms with Crippen LogP contribution in [0, 0.1) is 0 Å². The topological polar surface area (TPSA) is 59.7 Å². The van der Waals surface area contributed by atoms with E-state index in [9.17, 15) is 5.11 Å². The highest BCUT2D eigenvalue weighted by atomic mass is 16.5. The van der Waals surface area contributed by atoms with Gasteiger partial charge in [-0.05, 0) is 24.3 Å². The lowest BCUT2D eigenvalue weighted by molar-refractivity contribution is 0.415. The van der Waals surface area contributed by atoms with Gasteiger partial charge in [0.15, 0.2) is 11.5 Å². The Hall–Kier alpha value is -2.56. The number of aromatic nitrogens is 3. The number of ether oxygens (including phenoxy) is 1. The maximum Gasteiger partial charge on any atom is 0.168 e. The summed E-state index contributed by atoms with van der Waals surface area (Å²) in [5.41, 5.74) is 1.57. The third-order valence-electron chi connectivity index (χ3n) is 2.71. The van der Waals surface area contributed by atoms with Gasteiger partial charge in [-0.3, -0.25) is 4.40 Å². The lowest BCUT2D eigenvalue weighted by Crippen LogP contribution is -1.90. The molecule has 5 heteroatoms. The second-order valence-corrected chi connectivity index (χ2v) is 3.87. The first-order valence-electron chi connectivity index (χ1n) is 5.46. The van der Waals surface area contributed by atoms with Crippen molar-refractivity contribution in [2.45, 2.75) is 0 Å². The number of benzene rings is 1. The van der Waals surface area contributed by atoms with E-state index in [4.69, 9.17) is 4.74 Å². The zero-order valence-corrected chi connectivity index (χ0v) is 9.74. The summed E-state index contributed by atoms with van der Waals surface area (Å²) in [7, 11) is 1.62. The third kappa shape index (κ3) is 1.66. The van der Waals surface area contributed by atoms with Gasteiger partial charge in [0.25, 0.3) is 0 Å². The van der Waals surface area contributed by atoms with E-state index in [1.807, 2.05) is 24.3 Å². The molecule has 0 bridgehead atoms. The van der Waals surface area contributed by atoms with E-state index in [2.05, 4.69) is 10.2 Å². The highest BCUT2D eigenvalue weighted by molar-refractivity contribution is 5.61. The molecule has 0 amide bonds. The van der Waals surface area contributed by atoms with Gasteiger partial charge in [0, 0.05) is 5.56 Å². The molecule has 90 valence electrons. The molecular weight excluding hydrogens is 230 g/mol. The minimum absolute atomic E-state index is 0.173. The molecule has 0 radical (unpaired) electrons. The molecule has 0 aliphatic carbocycles. The standard InChI is InChI=1S/C13H11N3O2/c1-18-11-4-2-3-9(7-11)13-15-14-12-6-5-10(17)8-16(12)13/h2-8,17H,1H3. The van der Waals surface area contributed by atoms with Crippen molar-refractivity contribution >= 4 is 5.65 Å². The van der Waals surface area contributed by atoms with Crippen LogP contribution in [-0.2, 0) is 0 Å². The van der Waals surface area contributed by atoms with Crippen LogP contribution in [0.5, 0.6) is 11.5 Å². The average Bonchev–Trinajstić information content (AvgIpc) is 2.81. The van der Waals surface area contributed by atoms with Crippen LogP contribution in [0.2, 0.25) is 0 Å². The minimum Gasteiger partial charge on any atom is -0.506 e. The number of rotatable bonds is 2. The van der Waals surface area contributed by atoms with Crippen molar-refractivity contribution in [1.82, 2.24) is 14.6 Å². The molecule has 0 unspecified atom stereocenters. The average molecular weight is 241 g/mol. The number of hydrogen-bond acceptors (Lipinski definition) is 4. The summed E-state index contributed by atoms with van der Waals surface area (Å²) in [6.45, 7) is 0. The van der Waals surface area contributed by atoms with E-state index in [0.717, 1.165) is 11.3 Å². The Kier molecular flexibility index (Phi) is 2.37. The van der Waals surface area contributed by atoms with Gasteiger partial charge in [0.2, 0.25) is 0 Å². The Morgan fingerprint density at radius 1 is 1.17 bits per heavy atom. The summed E-state index contributed by atoms with van der Waals surface area (Å²) in [6.07, 6.45) is 1.59. The number of fused-ring (bicyclic) bond motifs is 1. The molecule has 0 spiro atoms. The van der Waals surface area contributed by atoms with Gasteiger partial charge in [-0.2, -0.15) is 0 Å². The highest BCUT2D eigenvalue weighted by Gasteiger charge is 2.09. The van der Waals surface area contributed by atoms with Crippen molar-refractivity contribution in [2.24, 2.45) is 0 Å². The van der Waals surface area contributed by atoms with E-state index in [1.54, 1.807) is 29.8 Å². The molecule has 2 aromatic heterocycles. The van der Waals surface area contributed by atoms with E-state index >= 15 is 0 Å². The number of hydrogen-bond donors (Lipinski definition) is 1. The van der Waals surface area contributed by atoms with Gasteiger partial charge < -0.3 is 9.84 Å². The maximum atomic E-state index is 9.52. The molecule has 18 heavy (non-hydrogen) atoms. The Labute approximate surface area is 103 Å². The summed E-state index contributed by atoms with van der Waals surface area (Å²) in [4.78, 5) is 0. The zero-order valence-electron chi connectivity index (χ0n) is 9.74. The Balaban J connectivity index is 2.21. The monoisotopic (exact) mass is 241 g/mol. The van der Waals surface area contributed by atoms with Gasteiger partial charge in [-0.25, -0.2) is 0 Å². The van der Waals surface area contributed by atoms with Gasteiger partial charge in [-0.15, -0.1) is 10.2 Å². The normalized spacial score (nSPS) is 10.7. The molecule has 5 nitrogen and oxygen atoms in total. The summed E-state index contributed by atoms with van der Waals surface area (Å²) in [5, 5.41) is 17.7. The first kappa shape index (κ1) is 10.6. The van der Waals surface area contributed by atoms with Crippen LogP contribution in [-0.4, -0.2) is 26.8 Å². The molecule has 0 atom stereocenters. The van der Waals surface area contributed by atoms with Crippen LogP contribution in [0.4, 0.5) is 0 Å². The molecule has 1 N–H and O–H groups in total. The number of pyridine rings is 1. The summed E-state index contributed by atoms with van der Waals surface area (Å²) < 4.78 is 6.92. The molecule has 0 saturated heterocycles. The third-order valence-corrected chi connectivity index (χ3v) is 2.71. The van der Waals surface area contributed by atoms with Crippen LogP contribution < -0.4 is 4.74 Å². The summed E-state index contributed by atoms with van der Waals surface area (Å²) >= 11 is 0. The molecule has 3 rings (SSSR count). The summed E-state index contributed by atoms with van der Waals surface area (Å²) in [5.74, 6) is 1.59. The van der Waals surface area contributed by atoms with Crippen LogP contribution in [0.25, 0.3) is 17.0 Å². The van der Waals surface area contributed by atoms with E-state index in [-0.39, 0.29) is 5.75 Å². The maximum absolute atomic E-state index is 9.52. The Bertz CT molecular complexity index is 706. The fourth-order valence-electron chi connectivity index (χ4n) is 1.84. The van der Waals surface area contributed by atoms with Crippen LogP contribution in [0.15, 0.2) is 42.6 Å². The van der Waals surface area contributed by atoms with Crippen LogP contribution >= 0.6 is 0 Å². The Morgan fingerprint density at radius 3 is 2.89 bits per heavy atom. The van der Waals surface area contributed by atoms with Gasteiger partial charge in [0.05, 0.1) is 13.3 Å². The molecule has 0 aliphatic heterocycles. The molecule has 2 heterocycles. The van der Waals surface area contributed by atoms with Crippen molar-refractivity contribution in [3.63, 3.8) is 0 Å². The fourth-order valence-corrected chi connectivity index (χ4v) is 1.84. The van der Waals surface area contributed by atoms with E-state index in [0.29, 0.717) is 11.5 Å². The molecular formula is C13H11N3O2. The second-order valence-electron chi connectivity index (χ2n) is 3.87. The Morgan fingerprint density at radius 2 is 2.06 bits per heavy atom.